The molecule has 0 saturated heterocycles. The molecule has 1 aromatic heterocycles. The van der Waals surface area contributed by atoms with Gasteiger partial charge < -0.3 is 9.73 Å². The summed E-state index contributed by atoms with van der Waals surface area (Å²) in [5, 5.41) is 3.38. The molecule has 18 heavy (non-hydrogen) atoms. The number of nitrogens with zero attached hydrogens (tertiary/aromatic N) is 1. The minimum absolute atomic E-state index is 0.673. The van der Waals surface area contributed by atoms with Gasteiger partial charge in [0.15, 0.2) is 0 Å². The summed E-state index contributed by atoms with van der Waals surface area (Å²) in [6, 6.07) is 8.51. The zero-order valence-corrected chi connectivity index (χ0v) is 11.3. The van der Waals surface area contributed by atoms with Crippen molar-refractivity contribution in [3.63, 3.8) is 0 Å². The molecule has 1 aromatic carbocycles. The first-order valence-corrected chi connectivity index (χ1v) is 6.41. The minimum Gasteiger partial charge on any atom is -0.444 e. The molecule has 1 N–H and O–H groups in total. The van der Waals surface area contributed by atoms with Crippen LogP contribution >= 0.6 is 0 Å². The van der Waals surface area contributed by atoms with E-state index in [-0.39, 0.29) is 0 Å². The molecule has 2 aromatic rings. The van der Waals surface area contributed by atoms with Gasteiger partial charge in [0.05, 0.1) is 12.2 Å². The van der Waals surface area contributed by atoms with Crippen molar-refractivity contribution in [1.82, 2.24) is 10.3 Å². The van der Waals surface area contributed by atoms with Crippen molar-refractivity contribution in [2.75, 3.05) is 0 Å². The Kier molecular flexibility index (Phi) is 4.15. The van der Waals surface area contributed by atoms with Gasteiger partial charge in [-0.1, -0.05) is 31.2 Å². The fourth-order valence-corrected chi connectivity index (χ4v) is 1.99. The van der Waals surface area contributed by atoms with E-state index in [0.717, 1.165) is 30.3 Å². The van der Waals surface area contributed by atoms with Gasteiger partial charge in [0.1, 0.15) is 5.76 Å². The van der Waals surface area contributed by atoms with Gasteiger partial charge in [-0.3, -0.25) is 0 Å². The number of rotatable bonds is 5. The highest BCUT2D eigenvalue weighted by molar-refractivity contribution is 5.26. The minimum atomic E-state index is 0.673. The standard InChI is InChI=1S/C15H20N2O/c1-4-13-7-5-6-8-14(13)9-16-10-15-17-11(2)12(3)18-15/h5-8,16H,4,9-10H2,1-3H3. The van der Waals surface area contributed by atoms with E-state index in [0.29, 0.717) is 6.54 Å². The molecule has 3 heteroatoms. The maximum atomic E-state index is 5.54. The number of benzene rings is 1. The van der Waals surface area contributed by atoms with Gasteiger partial charge >= 0.3 is 0 Å². The molecule has 0 atom stereocenters. The van der Waals surface area contributed by atoms with Gasteiger partial charge in [-0.2, -0.15) is 0 Å². The lowest BCUT2D eigenvalue weighted by Crippen LogP contribution is -2.14. The van der Waals surface area contributed by atoms with Crippen LogP contribution in [-0.4, -0.2) is 4.98 Å². The second kappa shape index (κ2) is 5.83. The van der Waals surface area contributed by atoms with Crippen molar-refractivity contribution in [3.8, 4) is 0 Å². The lowest BCUT2D eigenvalue weighted by molar-refractivity contribution is 0.448. The van der Waals surface area contributed by atoms with Gasteiger partial charge in [-0.05, 0) is 31.4 Å². The maximum absolute atomic E-state index is 5.54. The lowest BCUT2D eigenvalue weighted by Gasteiger charge is -2.07. The molecule has 0 amide bonds. The summed E-state index contributed by atoms with van der Waals surface area (Å²) in [6.07, 6.45) is 1.06. The smallest absolute Gasteiger partial charge is 0.208 e. The predicted molar refractivity (Wildman–Crippen MR) is 72.3 cm³/mol. The Hall–Kier alpha value is -1.61. The molecule has 0 spiro atoms. The summed E-state index contributed by atoms with van der Waals surface area (Å²) in [5.74, 6) is 1.67. The summed E-state index contributed by atoms with van der Waals surface area (Å²) in [5.41, 5.74) is 3.71. The van der Waals surface area contributed by atoms with Crippen molar-refractivity contribution >= 4 is 0 Å². The average Bonchev–Trinajstić information content (AvgIpc) is 2.69. The van der Waals surface area contributed by atoms with Crippen LogP contribution < -0.4 is 5.32 Å². The second-order valence-electron chi connectivity index (χ2n) is 4.48. The molecule has 3 nitrogen and oxygen atoms in total. The molecular formula is C15H20N2O. The zero-order chi connectivity index (χ0) is 13.0. The largest absolute Gasteiger partial charge is 0.444 e. The van der Waals surface area contributed by atoms with E-state index in [4.69, 9.17) is 4.42 Å². The normalized spacial score (nSPS) is 10.8. The van der Waals surface area contributed by atoms with E-state index in [1.165, 1.54) is 11.1 Å². The van der Waals surface area contributed by atoms with Gasteiger partial charge in [-0.15, -0.1) is 0 Å². The van der Waals surface area contributed by atoms with Crippen molar-refractivity contribution in [3.05, 3.63) is 52.7 Å². The number of oxazole rings is 1. The fourth-order valence-electron chi connectivity index (χ4n) is 1.99. The molecule has 0 unspecified atom stereocenters. The van der Waals surface area contributed by atoms with E-state index >= 15 is 0 Å². The van der Waals surface area contributed by atoms with Gasteiger partial charge in [-0.25, -0.2) is 4.98 Å². The van der Waals surface area contributed by atoms with Crippen LogP contribution in [0.25, 0.3) is 0 Å². The third-order valence-electron chi connectivity index (χ3n) is 3.16. The maximum Gasteiger partial charge on any atom is 0.208 e. The van der Waals surface area contributed by atoms with Crippen molar-refractivity contribution in [2.24, 2.45) is 0 Å². The Morgan fingerprint density at radius 2 is 1.83 bits per heavy atom. The highest BCUT2D eigenvalue weighted by atomic mass is 16.4. The Morgan fingerprint density at radius 3 is 2.44 bits per heavy atom. The number of nitrogens with one attached hydrogen (secondary N) is 1. The Labute approximate surface area is 108 Å². The Bertz CT molecular complexity index is 497. The third-order valence-corrected chi connectivity index (χ3v) is 3.16. The number of aryl methyl sites for hydroxylation is 3. The van der Waals surface area contributed by atoms with Gasteiger partial charge in [0.2, 0.25) is 5.89 Å². The van der Waals surface area contributed by atoms with Crippen molar-refractivity contribution < 1.29 is 4.42 Å². The lowest BCUT2D eigenvalue weighted by atomic mass is 10.1. The predicted octanol–water partition coefficient (Wildman–Crippen LogP) is 3.14. The third kappa shape index (κ3) is 2.99. The van der Waals surface area contributed by atoms with Crippen LogP contribution in [-0.2, 0) is 19.5 Å². The fraction of sp³-hybridized carbons (Fsp3) is 0.400. The SMILES string of the molecule is CCc1ccccc1CNCc1nc(C)c(C)o1. The Morgan fingerprint density at radius 1 is 1.11 bits per heavy atom. The van der Waals surface area contributed by atoms with Crippen molar-refractivity contribution in [1.29, 1.82) is 0 Å². The number of aromatic nitrogens is 1. The summed E-state index contributed by atoms with van der Waals surface area (Å²) < 4.78 is 5.54. The first-order chi connectivity index (χ1) is 8.70. The van der Waals surface area contributed by atoms with E-state index < -0.39 is 0 Å². The van der Waals surface area contributed by atoms with Crippen LogP contribution in [0.5, 0.6) is 0 Å². The molecule has 0 fully saturated rings. The first kappa shape index (κ1) is 12.8. The van der Waals surface area contributed by atoms with Gasteiger partial charge in [0.25, 0.3) is 0 Å². The summed E-state index contributed by atoms with van der Waals surface area (Å²) in [4.78, 5) is 4.35. The van der Waals surface area contributed by atoms with Crippen LogP contribution in [0.3, 0.4) is 0 Å². The van der Waals surface area contributed by atoms with Crippen molar-refractivity contribution in [2.45, 2.75) is 40.3 Å². The van der Waals surface area contributed by atoms with E-state index in [1.54, 1.807) is 0 Å². The van der Waals surface area contributed by atoms with E-state index in [2.05, 4.69) is 41.5 Å². The van der Waals surface area contributed by atoms with E-state index in [9.17, 15) is 0 Å². The highest BCUT2D eigenvalue weighted by Crippen LogP contribution is 2.10. The Balaban J connectivity index is 1.92. The molecule has 0 aliphatic carbocycles. The van der Waals surface area contributed by atoms with Crippen LogP contribution in [0.2, 0.25) is 0 Å². The second-order valence-corrected chi connectivity index (χ2v) is 4.48. The molecule has 2 rings (SSSR count). The molecular weight excluding hydrogens is 224 g/mol. The van der Waals surface area contributed by atoms with Crippen LogP contribution in [0.1, 0.15) is 35.4 Å². The summed E-state index contributed by atoms with van der Waals surface area (Å²) >= 11 is 0. The van der Waals surface area contributed by atoms with Gasteiger partial charge in [0, 0.05) is 6.54 Å². The van der Waals surface area contributed by atoms with Crippen LogP contribution in [0.4, 0.5) is 0 Å². The van der Waals surface area contributed by atoms with E-state index in [1.807, 2.05) is 13.8 Å². The molecule has 0 saturated carbocycles. The monoisotopic (exact) mass is 244 g/mol. The summed E-state index contributed by atoms with van der Waals surface area (Å²) in [7, 11) is 0. The molecule has 96 valence electrons. The quantitative estimate of drug-likeness (QED) is 0.878. The average molecular weight is 244 g/mol. The van der Waals surface area contributed by atoms with Crippen LogP contribution in [0.15, 0.2) is 28.7 Å². The number of hydrogen-bond acceptors (Lipinski definition) is 3. The first-order valence-electron chi connectivity index (χ1n) is 6.41. The molecule has 1 heterocycles. The molecule has 0 aliphatic rings. The molecule has 0 radical (unpaired) electrons. The highest BCUT2D eigenvalue weighted by Gasteiger charge is 2.05. The molecule has 0 aliphatic heterocycles. The number of hydrogen-bond donors (Lipinski definition) is 1. The summed E-state index contributed by atoms with van der Waals surface area (Å²) in [6.45, 7) is 7.61. The van der Waals surface area contributed by atoms with Crippen LogP contribution in [0, 0.1) is 13.8 Å². The zero-order valence-electron chi connectivity index (χ0n) is 11.3. The molecule has 0 bridgehead atoms. The topological polar surface area (TPSA) is 38.1 Å².